The van der Waals surface area contributed by atoms with Crippen LogP contribution in [0.4, 0.5) is 0 Å². The van der Waals surface area contributed by atoms with Gasteiger partial charge >= 0.3 is 5.97 Å². The summed E-state index contributed by atoms with van der Waals surface area (Å²) in [5.41, 5.74) is 3.10. The van der Waals surface area contributed by atoms with Gasteiger partial charge in [0, 0.05) is 31.0 Å². The van der Waals surface area contributed by atoms with Crippen molar-refractivity contribution in [3.63, 3.8) is 0 Å². The van der Waals surface area contributed by atoms with Crippen LogP contribution in [0.1, 0.15) is 42.6 Å². The van der Waals surface area contributed by atoms with Crippen LogP contribution in [-0.4, -0.2) is 39.1 Å². The molecule has 0 bridgehead atoms. The minimum absolute atomic E-state index is 0.00410. The van der Waals surface area contributed by atoms with Crippen LogP contribution < -0.4 is 0 Å². The number of hydrogen-bond acceptors (Lipinski definition) is 6. The van der Waals surface area contributed by atoms with Gasteiger partial charge in [0.05, 0.1) is 23.3 Å². The molecule has 28 heavy (non-hydrogen) atoms. The Morgan fingerprint density at radius 2 is 1.96 bits per heavy atom. The minimum Gasteiger partial charge on any atom is -0.462 e. The van der Waals surface area contributed by atoms with Gasteiger partial charge in [-0.25, -0.2) is 14.8 Å². The van der Waals surface area contributed by atoms with Crippen LogP contribution in [0.2, 0.25) is 0 Å². The number of nitrogens with one attached hydrogen (secondary N) is 1. The molecule has 0 atom stereocenters. The molecule has 7 heteroatoms. The predicted molar refractivity (Wildman–Crippen MR) is 104 cm³/mol. The fraction of sp³-hybridized carbons (Fsp3) is 0.286. The Hall–Kier alpha value is -3.35. The van der Waals surface area contributed by atoms with Crippen LogP contribution in [-0.2, 0) is 20.7 Å². The number of esters is 1. The number of ketones is 2. The van der Waals surface area contributed by atoms with Gasteiger partial charge in [-0.15, -0.1) is 0 Å². The lowest BCUT2D eigenvalue weighted by Gasteiger charge is -2.07. The Balaban J connectivity index is 1.94. The number of H-pyrrole nitrogens is 1. The summed E-state index contributed by atoms with van der Waals surface area (Å²) in [6.45, 7) is 3.50. The number of carbonyl (C=O) groups is 3. The molecule has 2 heterocycles. The Bertz CT molecular complexity index is 1040. The SMILES string of the molecule is CCOC(=O)c1c[nH]c2ncnc(-c3cccc(CC(=O)CCC(C)=O)c3)c12. The maximum Gasteiger partial charge on any atom is 0.340 e. The van der Waals surface area contributed by atoms with E-state index >= 15 is 0 Å². The van der Waals surface area contributed by atoms with Crippen LogP contribution >= 0.6 is 0 Å². The maximum atomic E-state index is 12.3. The average Bonchev–Trinajstić information content (AvgIpc) is 3.11. The van der Waals surface area contributed by atoms with Crippen molar-refractivity contribution in [1.82, 2.24) is 15.0 Å². The molecule has 0 amide bonds. The van der Waals surface area contributed by atoms with Gasteiger partial charge in [-0.2, -0.15) is 0 Å². The molecule has 7 nitrogen and oxygen atoms in total. The van der Waals surface area contributed by atoms with Gasteiger partial charge in [0.2, 0.25) is 0 Å². The zero-order valence-corrected chi connectivity index (χ0v) is 15.8. The topological polar surface area (TPSA) is 102 Å². The Morgan fingerprint density at radius 1 is 1.14 bits per heavy atom. The third kappa shape index (κ3) is 4.31. The van der Waals surface area contributed by atoms with Crippen molar-refractivity contribution in [2.45, 2.75) is 33.1 Å². The first kappa shape index (κ1) is 19.4. The van der Waals surface area contributed by atoms with Crippen molar-refractivity contribution in [3.8, 4) is 11.3 Å². The average molecular weight is 379 g/mol. The molecular formula is C21H21N3O4. The summed E-state index contributed by atoms with van der Waals surface area (Å²) in [7, 11) is 0. The lowest BCUT2D eigenvalue weighted by molar-refractivity contribution is -0.122. The summed E-state index contributed by atoms with van der Waals surface area (Å²) in [5.74, 6) is -0.432. The number of ether oxygens (including phenoxy) is 1. The quantitative estimate of drug-likeness (QED) is 0.603. The molecule has 0 spiro atoms. The second-order valence-electron chi connectivity index (χ2n) is 6.49. The molecule has 0 aliphatic rings. The van der Waals surface area contributed by atoms with E-state index in [1.165, 1.54) is 13.3 Å². The van der Waals surface area contributed by atoms with Crippen molar-refractivity contribution < 1.29 is 19.1 Å². The number of benzene rings is 1. The summed E-state index contributed by atoms with van der Waals surface area (Å²) in [6, 6.07) is 7.44. The molecule has 1 aromatic carbocycles. The van der Waals surface area contributed by atoms with E-state index in [-0.39, 0.29) is 37.4 Å². The van der Waals surface area contributed by atoms with E-state index in [2.05, 4.69) is 15.0 Å². The molecule has 144 valence electrons. The van der Waals surface area contributed by atoms with Crippen LogP contribution in [0.5, 0.6) is 0 Å². The summed E-state index contributed by atoms with van der Waals surface area (Å²) >= 11 is 0. The smallest absolute Gasteiger partial charge is 0.340 e. The largest absolute Gasteiger partial charge is 0.462 e. The molecule has 0 unspecified atom stereocenters. The van der Waals surface area contributed by atoms with Crippen LogP contribution in [0.3, 0.4) is 0 Å². The van der Waals surface area contributed by atoms with Crippen molar-refractivity contribution >= 4 is 28.6 Å². The van der Waals surface area contributed by atoms with E-state index in [0.717, 1.165) is 11.1 Å². The highest BCUT2D eigenvalue weighted by Crippen LogP contribution is 2.29. The van der Waals surface area contributed by atoms with Crippen LogP contribution in [0, 0.1) is 0 Å². The van der Waals surface area contributed by atoms with Gasteiger partial charge in [-0.05, 0) is 25.5 Å². The molecule has 0 aliphatic carbocycles. The molecule has 0 saturated heterocycles. The number of nitrogens with zero attached hydrogens (tertiary/aromatic N) is 2. The van der Waals surface area contributed by atoms with Crippen molar-refractivity contribution in [3.05, 3.63) is 47.9 Å². The molecule has 0 saturated carbocycles. The Labute approximate surface area is 162 Å². The third-order valence-corrected chi connectivity index (χ3v) is 4.32. The van der Waals surface area contributed by atoms with Gasteiger partial charge in [0.25, 0.3) is 0 Å². The molecule has 0 radical (unpaired) electrons. The Morgan fingerprint density at radius 3 is 2.71 bits per heavy atom. The van der Waals surface area contributed by atoms with E-state index < -0.39 is 5.97 Å². The zero-order valence-electron chi connectivity index (χ0n) is 15.8. The highest BCUT2D eigenvalue weighted by atomic mass is 16.5. The minimum atomic E-state index is -0.444. The first-order valence-corrected chi connectivity index (χ1v) is 9.09. The fourth-order valence-electron chi connectivity index (χ4n) is 3.01. The molecule has 0 aliphatic heterocycles. The van der Waals surface area contributed by atoms with E-state index in [1.807, 2.05) is 24.3 Å². The van der Waals surface area contributed by atoms with Gasteiger partial charge in [-0.3, -0.25) is 4.79 Å². The second-order valence-corrected chi connectivity index (χ2v) is 6.49. The highest BCUT2D eigenvalue weighted by molar-refractivity contribution is 6.08. The lowest BCUT2D eigenvalue weighted by atomic mass is 10.00. The first-order chi connectivity index (χ1) is 13.5. The van der Waals surface area contributed by atoms with Crippen LogP contribution in [0.25, 0.3) is 22.3 Å². The summed E-state index contributed by atoms with van der Waals surface area (Å²) in [5, 5.41) is 0.584. The van der Waals surface area contributed by atoms with Crippen molar-refractivity contribution in [2.24, 2.45) is 0 Å². The Kier molecular flexibility index (Phi) is 5.93. The number of aromatic amines is 1. The molecular weight excluding hydrogens is 358 g/mol. The molecule has 3 rings (SSSR count). The molecule has 2 aromatic heterocycles. The van der Waals surface area contributed by atoms with Crippen LogP contribution in [0.15, 0.2) is 36.8 Å². The van der Waals surface area contributed by atoms with E-state index in [9.17, 15) is 14.4 Å². The number of fused-ring (bicyclic) bond motifs is 1. The monoisotopic (exact) mass is 379 g/mol. The van der Waals surface area contributed by atoms with Crippen molar-refractivity contribution in [1.29, 1.82) is 0 Å². The summed E-state index contributed by atoms with van der Waals surface area (Å²) in [6.07, 6.45) is 3.73. The standard InChI is InChI=1S/C21H21N3O4/c1-3-28-21(27)17-11-22-20-18(17)19(23-12-24-20)15-6-4-5-14(9-15)10-16(26)8-7-13(2)25/h4-6,9,11-12H,3,7-8,10H2,1-2H3,(H,22,23,24). The first-order valence-electron chi connectivity index (χ1n) is 9.09. The number of hydrogen-bond donors (Lipinski definition) is 1. The van der Waals surface area contributed by atoms with Crippen molar-refractivity contribution in [2.75, 3.05) is 6.61 Å². The summed E-state index contributed by atoms with van der Waals surface area (Å²) in [4.78, 5) is 47.0. The molecule has 1 N–H and O–H groups in total. The summed E-state index contributed by atoms with van der Waals surface area (Å²) < 4.78 is 5.12. The van der Waals surface area contributed by atoms with Gasteiger partial charge in [0.15, 0.2) is 0 Å². The number of carbonyl (C=O) groups excluding carboxylic acids is 3. The highest BCUT2D eigenvalue weighted by Gasteiger charge is 2.19. The maximum absolute atomic E-state index is 12.3. The normalized spacial score (nSPS) is 10.8. The van der Waals surface area contributed by atoms with E-state index in [4.69, 9.17) is 4.74 Å². The second kappa shape index (κ2) is 8.56. The van der Waals surface area contributed by atoms with Gasteiger partial charge in [-0.1, -0.05) is 18.2 Å². The molecule has 3 aromatic rings. The molecule has 0 fully saturated rings. The number of rotatable bonds is 8. The number of Topliss-reactive ketones (excluding diaryl/α,β-unsaturated/α-hetero) is 2. The fourth-order valence-corrected chi connectivity index (χ4v) is 3.01. The third-order valence-electron chi connectivity index (χ3n) is 4.32. The van der Waals surface area contributed by atoms with E-state index in [0.29, 0.717) is 22.3 Å². The number of aromatic nitrogens is 3. The zero-order chi connectivity index (χ0) is 20.1. The predicted octanol–water partition coefficient (Wildman–Crippen LogP) is 3.28. The lowest BCUT2D eigenvalue weighted by Crippen LogP contribution is -2.05. The van der Waals surface area contributed by atoms with Gasteiger partial charge < -0.3 is 14.5 Å². The van der Waals surface area contributed by atoms with Gasteiger partial charge in [0.1, 0.15) is 23.5 Å². The van der Waals surface area contributed by atoms with E-state index in [1.54, 1.807) is 13.1 Å².